The van der Waals surface area contributed by atoms with Crippen LogP contribution < -0.4 is 4.74 Å². The van der Waals surface area contributed by atoms with Crippen LogP contribution in [0.1, 0.15) is 44.7 Å². The molecule has 0 bridgehead atoms. The Morgan fingerprint density at radius 2 is 1.44 bits per heavy atom. The van der Waals surface area contributed by atoms with Gasteiger partial charge in [0.1, 0.15) is 11.6 Å². The van der Waals surface area contributed by atoms with Crippen LogP contribution in [-0.4, -0.2) is 6.61 Å². The zero-order chi connectivity index (χ0) is 24.7. The minimum absolute atomic E-state index is 0.100. The first kappa shape index (κ1) is 26.5. The maximum absolute atomic E-state index is 14.4. The Morgan fingerprint density at radius 3 is 2.03 bits per heavy atom. The van der Waals surface area contributed by atoms with Gasteiger partial charge in [-0.25, -0.2) is 13.2 Å². The summed E-state index contributed by atoms with van der Waals surface area (Å²) in [4.78, 5) is 0.730. The van der Waals surface area contributed by atoms with E-state index in [-0.39, 0.29) is 23.2 Å². The average Bonchev–Trinajstić information content (AvgIpc) is 3.24. The number of rotatable bonds is 7. The lowest BCUT2D eigenvalue weighted by Gasteiger charge is -2.04. The summed E-state index contributed by atoms with van der Waals surface area (Å²) in [5.41, 5.74) is 2.59. The first-order valence-corrected chi connectivity index (χ1v) is 13.3. The van der Waals surface area contributed by atoms with Gasteiger partial charge < -0.3 is 4.74 Å². The predicted octanol–water partition coefficient (Wildman–Crippen LogP) is 9.58. The smallest absolute Gasteiger partial charge is 0.182 e. The molecule has 0 aliphatic carbocycles. The number of aryl methyl sites for hydroxylation is 2. The van der Waals surface area contributed by atoms with Crippen LogP contribution >= 0.6 is 33.9 Å². The molecule has 0 aliphatic heterocycles. The highest BCUT2D eigenvalue weighted by Crippen LogP contribution is 2.39. The Bertz CT molecular complexity index is 1250. The van der Waals surface area contributed by atoms with E-state index in [2.05, 4.69) is 13.8 Å². The molecule has 0 spiro atoms. The summed E-state index contributed by atoms with van der Waals surface area (Å²) in [6.45, 7) is 6.39. The number of fused-ring (bicyclic) bond motifs is 1. The Balaban J connectivity index is 0.000000248. The fourth-order valence-corrected chi connectivity index (χ4v) is 5.09. The summed E-state index contributed by atoms with van der Waals surface area (Å²) in [7, 11) is 0. The van der Waals surface area contributed by atoms with Crippen LogP contribution in [0.2, 0.25) is 0 Å². The topological polar surface area (TPSA) is 9.23 Å². The lowest BCUT2D eigenvalue weighted by atomic mass is 10.1. The SMILES string of the molecule is CCCc1ccc(-c2cc3ccc(OCC)c(F)c3s2)c(F)c1.CCCc1ccc(I)c(F)c1. The largest absolute Gasteiger partial charge is 0.491 e. The van der Waals surface area contributed by atoms with Gasteiger partial charge in [0.05, 0.1) is 11.3 Å². The fourth-order valence-electron chi connectivity index (χ4n) is 3.64. The van der Waals surface area contributed by atoms with Gasteiger partial charge in [-0.3, -0.25) is 0 Å². The average molecular weight is 596 g/mol. The van der Waals surface area contributed by atoms with Crippen LogP contribution in [0.15, 0.2) is 54.6 Å². The fraction of sp³-hybridized carbons (Fsp3) is 0.286. The van der Waals surface area contributed by atoms with Crippen molar-refractivity contribution in [3.05, 3.63) is 86.7 Å². The molecule has 0 saturated carbocycles. The highest BCUT2D eigenvalue weighted by molar-refractivity contribution is 14.1. The number of hydrogen-bond acceptors (Lipinski definition) is 2. The Labute approximate surface area is 217 Å². The quantitative estimate of drug-likeness (QED) is 0.193. The van der Waals surface area contributed by atoms with Crippen LogP contribution in [-0.2, 0) is 12.8 Å². The third-order valence-electron chi connectivity index (χ3n) is 5.25. The second-order valence-corrected chi connectivity index (χ2v) is 10.1. The summed E-state index contributed by atoms with van der Waals surface area (Å²) in [5, 5.41) is 0.767. The van der Waals surface area contributed by atoms with Crippen molar-refractivity contribution in [3.63, 3.8) is 0 Å². The van der Waals surface area contributed by atoms with Gasteiger partial charge in [-0.2, -0.15) is 0 Å². The van der Waals surface area contributed by atoms with Crippen molar-refractivity contribution in [3.8, 4) is 16.2 Å². The zero-order valence-corrected chi connectivity index (χ0v) is 22.5. The van der Waals surface area contributed by atoms with Gasteiger partial charge in [0.15, 0.2) is 11.6 Å². The van der Waals surface area contributed by atoms with Crippen molar-refractivity contribution in [1.82, 2.24) is 0 Å². The summed E-state index contributed by atoms with van der Waals surface area (Å²) in [5.74, 6) is -0.486. The van der Waals surface area contributed by atoms with Crippen LogP contribution in [0.4, 0.5) is 13.2 Å². The Morgan fingerprint density at radius 1 is 0.794 bits per heavy atom. The number of thiophene rings is 1. The van der Waals surface area contributed by atoms with Crippen molar-refractivity contribution in [2.75, 3.05) is 6.61 Å². The van der Waals surface area contributed by atoms with Crippen LogP contribution in [0, 0.1) is 21.0 Å². The van der Waals surface area contributed by atoms with E-state index in [1.54, 1.807) is 24.3 Å². The van der Waals surface area contributed by atoms with Crippen molar-refractivity contribution in [2.24, 2.45) is 0 Å². The third-order valence-corrected chi connectivity index (χ3v) is 7.30. The van der Waals surface area contributed by atoms with E-state index in [1.807, 2.05) is 59.8 Å². The molecule has 0 atom stereocenters. The number of hydrogen-bond donors (Lipinski definition) is 0. The highest BCUT2D eigenvalue weighted by Gasteiger charge is 2.15. The van der Waals surface area contributed by atoms with Gasteiger partial charge in [-0.05, 0) is 95.3 Å². The summed E-state index contributed by atoms with van der Waals surface area (Å²) in [6.07, 6.45) is 3.87. The second-order valence-electron chi connectivity index (χ2n) is 7.90. The molecule has 1 aromatic heterocycles. The molecule has 0 unspecified atom stereocenters. The third kappa shape index (κ3) is 6.54. The molecule has 0 saturated heterocycles. The van der Waals surface area contributed by atoms with Crippen molar-refractivity contribution in [2.45, 2.75) is 46.5 Å². The molecule has 0 fully saturated rings. The molecule has 180 valence electrons. The minimum atomic E-state index is -0.372. The van der Waals surface area contributed by atoms with E-state index < -0.39 is 0 Å². The van der Waals surface area contributed by atoms with Gasteiger partial charge in [0, 0.05) is 14.0 Å². The number of ether oxygens (including phenoxy) is 1. The van der Waals surface area contributed by atoms with Crippen molar-refractivity contribution >= 4 is 44.0 Å². The lowest BCUT2D eigenvalue weighted by Crippen LogP contribution is -1.93. The Hall–Kier alpha value is -2.06. The normalized spacial score (nSPS) is 10.8. The van der Waals surface area contributed by atoms with E-state index in [1.165, 1.54) is 11.3 Å². The molecule has 1 nitrogen and oxygen atoms in total. The monoisotopic (exact) mass is 596 g/mol. The summed E-state index contributed by atoms with van der Waals surface area (Å²) in [6, 6.07) is 16.0. The van der Waals surface area contributed by atoms with E-state index in [0.717, 1.165) is 47.1 Å². The van der Waals surface area contributed by atoms with Crippen LogP contribution in [0.5, 0.6) is 5.75 Å². The van der Waals surface area contributed by atoms with Gasteiger partial charge in [-0.15, -0.1) is 11.3 Å². The maximum Gasteiger partial charge on any atom is 0.182 e. The van der Waals surface area contributed by atoms with E-state index in [9.17, 15) is 13.2 Å². The van der Waals surface area contributed by atoms with Gasteiger partial charge in [-0.1, -0.05) is 44.9 Å². The molecule has 3 aromatic carbocycles. The van der Waals surface area contributed by atoms with Gasteiger partial charge in [0.2, 0.25) is 0 Å². The minimum Gasteiger partial charge on any atom is -0.491 e. The molecule has 0 radical (unpaired) electrons. The lowest BCUT2D eigenvalue weighted by molar-refractivity contribution is 0.323. The first-order chi connectivity index (χ1) is 16.4. The molecule has 1 heterocycles. The molecular weight excluding hydrogens is 568 g/mol. The van der Waals surface area contributed by atoms with E-state index in [4.69, 9.17) is 4.74 Å². The summed E-state index contributed by atoms with van der Waals surface area (Å²) >= 11 is 3.25. The molecule has 4 rings (SSSR count). The number of benzene rings is 3. The maximum atomic E-state index is 14.4. The first-order valence-electron chi connectivity index (χ1n) is 11.4. The Kier molecular flexibility index (Phi) is 9.83. The van der Waals surface area contributed by atoms with E-state index in [0.29, 0.717) is 20.4 Å². The molecule has 4 aromatic rings. The van der Waals surface area contributed by atoms with E-state index >= 15 is 0 Å². The zero-order valence-electron chi connectivity index (χ0n) is 19.6. The molecule has 0 N–H and O–H groups in total. The van der Waals surface area contributed by atoms with Crippen molar-refractivity contribution < 1.29 is 17.9 Å². The predicted molar refractivity (Wildman–Crippen MR) is 145 cm³/mol. The number of halogens is 4. The molecule has 34 heavy (non-hydrogen) atoms. The molecule has 0 aliphatic rings. The molecular formula is C28H28F3IOS. The molecule has 6 heteroatoms. The van der Waals surface area contributed by atoms with Crippen LogP contribution in [0.25, 0.3) is 20.5 Å². The van der Waals surface area contributed by atoms with Gasteiger partial charge in [0.25, 0.3) is 0 Å². The van der Waals surface area contributed by atoms with Gasteiger partial charge >= 0.3 is 0 Å². The summed E-state index contributed by atoms with van der Waals surface area (Å²) < 4.78 is 48.2. The second kappa shape index (κ2) is 12.6. The molecule has 0 amide bonds. The van der Waals surface area contributed by atoms with Crippen LogP contribution in [0.3, 0.4) is 0 Å². The highest BCUT2D eigenvalue weighted by atomic mass is 127. The standard InChI is InChI=1S/C19H18F2OS.C9H10FI/c1-3-5-12-6-8-14(15(20)10-12)17-11-13-7-9-16(22-4-2)18(21)19(13)23-17;1-2-3-7-4-5-9(11)8(10)6-7/h6-11H,3-5H2,1-2H3;4-6H,2-3H2,1H3. The van der Waals surface area contributed by atoms with Crippen molar-refractivity contribution in [1.29, 1.82) is 0 Å².